The first-order chi connectivity index (χ1) is 7.81. The average Bonchev–Trinajstić information content (AvgIpc) is 2.61. The van der Waals surface area contributed by atoms with Gasteiger partial charge >= 0.3 is 12.3 Å². The molecular formula is C10H16F4N2S. The second kappa shape index (κ2) is 5.93. The summed E-state index contributed by atoms with van der Waals surface area (Å²) in [5.74, 6) is -3.50. The third-order valence-corrected chi connectivity index (χ3v) is 3.42. The highest BCUT2D eigenvalue weighted by Gasteiger charge is 2.41. The van der Waals surface area contributed by atoms with Crippen molar-refractivity contribution in [2.75, 3.05) is 13.1 Å². The van der Waals surface area contributed by atoms with Crippen molar-refractivity contribution < 1.29 is 17.6 Å². The van der Waals surface area contributed by atoms with Crippen LogP contribution in [-0.4, -0.2) is 35.9 Å². The van der Waals surface area contributed by atoms with Gasteiger partial charge in [-0.15, -0.1) is 0 Å². The van der Waals surface area contributed by atoms with Crippen molar-refractivity contribution in [2.45, 2.75) is 37.9 Å². The number of halogens is 4. The summed E-state index contributed by atoms with van der Waals surface area (Å²) in [4.78, 5) is 4.02. The first-order valence-corrected chi connectivity index (χ1v) is 6.30. The third kappa shape index (κ3) is 4.73. The van der Waals surface area contributed by atoms with Crippen molar-refractivity contribution in [1.82, 2.24) is 5.32 Å². The molecule has 17 heavy (non-hydrogen) atoms. The van der Waals surface area contributed by atoms with E-state index in [4.69, 9.17) is 0 Å². The molecule has 0 amide bonds. The minimum absolute atomic E-state index is 0.262. The molecule has 1 aliphatic heterocycles. The van der Waals surface area contributed by atoms with Gasteiger partial charge in [0, 0.05) is 5.25 Å². The quantitative estimate of drug-likeness (QED) is 0.778. The van der Waals surface area contributed by atoms with Crippen LogP contribution >= 0.6 is 11.8 Å². The van der Waals surface area contributed by atoms with Crippen molar-refractivity contribution >= 4 is 16.9 Å². The highest BCUT2D eigenvalue weighted by atomic mass is 32.2. The Morgan fingerprint density at radius 1 is 1.47 bits per heavy atom. The van der Waals surface area contributed by atoms with Crippen molar-refractivity contribution in [2.24, 2.45) is 10.9 Å². The van der Waals surface area contributed by atoms with E-state index in [1.54, 1.807) is 0 Å². The maximum atomic E-state index is 12.6. The molecule has 2 nitrogen and oxygen atoms in total. The Morgan fingerprint density at radius 2 is 2.12 bits per heavy atom. The summed E-state index contributed by atoms with van der Waals surface area (Å²) in [6.45, 7) is 3.63. The number of rotatable bonds is 5. The second-order valence-electron chi connectivity index (χ2n) is 4.43. The van der Waals surface area contributed by atoms with Gasteiger partial charge in [0.2, 0.25) is 0 Å². The van der Waals surface area contributed by atoms with Crippen LogP contribution in [0.1, 0.15) is 20.3 Å². The molecule has 0 aromatic rings. The van der Waals surface area contributed by atoms with Crippen LogP contribution in [0.3, 0.4) is 0 Å². The van der Waals surface area contributed by atoms with Gasteiger partial charge in [-0.1, -0.05) is 25.6 Å². The molecule has 1 unspecified atom stereocenters. The topological polar surface area (TPSA) is 24.4 Å². The van der Waals surface area contributed by atoms with Crippen LogP contribution < -0.4 is 5.32 Å². The van der Waals surface area contributed by atoms with Crippen molar-refractivity contribution in [3.63, 3.8) is 0 Å². The van der Waals surface area contributed by atoms with Crippen LogP contribution in [0, 0.1) is 5.92 Å². The maximum absolute atomic E-state index is 12.6. The Bertz CT molecular complexity index is 281. The van der Waals surface area contributed by atoms with Crippen LogP contribution in [0.4, 0.5) is 17.6 Å². The molecule has 0 fully saturated rings. The van der Waals surface area contributed by atoms with Gasteiger partial charge < -0.3 is 5.32 Å². The summed E-state index contributed by atoms with van der Waals surface area (Å²) >= 11 is 1.35. The lowest BCUT2D eigenvalue weighted by atomic mass is 10.1. The highest BCUT2D eigenvalue weighted by Crippen LogP contribution is 2.27. The number of nitrogens with one attached hydrogen (secondary N) is 1. The predicted octanol–water partition coefficient (Wildman–Crippen LogP) is 2.99. The molecule has 1 N–H and O–H groups in total. The van der Waals surface area contributed by atoms with Gasteiger partial charge in [0.15, 0.2) is 5.17 Å². The fraction of sp³-hybridized carbons (Fsp3) is 0.900. The molecule has 1 aliphatic rings. The molecule has 1 heterocycles. The van der Waals surface area contributed by atoms with Crippen LogP contribution in [0.5, 0.6) is 0 Å². The highest BCUT2D eigenvalue weighted by molar-refractivity contribution is 8.14. The minimum atomic E-state index is -4.00. The predicted molar refractivity (Wildman–Crippen MR) is 62.1 cm³/mol. The van der Waals surface area contributed by atoms with E-state index in [2.05, 4.69) is 24.2 Å². The van der Waals surface area contributed by atoms with Gasteiger partial charge in [-0.25, -0.2) is 8.78 Å². The molecular weight excluding hydrogens is 256 g/mol. The van der Waals surface area contributed by atoms with E-state index < -0.39 is 18.9 Å². The molecule has 7 heteroatoms. The third-order valence-electron chi connectivity index (χ3n) is 2.25. The average molecular weight is 272 g/mol. The Balaban J connectivity index is 2.31. The standard InChI is InChI=1S/C10H16F4N2S/c1-6(2)3-7-4-15-9(17-7)16-5-10(13,14)8(11)12/h6-8H,3-5H2,1-2H3,(H,15,16). The molecule has 100 valence electrons. The van der Waals surface area contributed by atoms with Crippen LogP contribution in [-0.2, 0) is 0 Å². The molecule has 0 aliphatic carbocycles. The fourth-order valence-corrected chi connectivity index (χ4v) is 2.68. The van der Waals surface area contributed by atoms with Gasteiger partial charge in [-0.05, 0) is 12.3 Å². The SMILES string of the molecule is CC(C)CC1CN=C(NCC(F)(F)C(F)F)S1. The zero-order valence-corrected chi connectivity index (χ0v) is 10.5. The molecule has 0 spiro atoms. The largest absolute Gasteiger partial charge is 0.359 e. The normalized spacial score (nSPS) is 21.2. The summed E-state index contributed by atoms with van der Waals surface area (Å²) in [5.41, 5.74) is 0. The molecule has 0 aromatic carbocycles. The fourth-order valence-electron chi connectivity index (χ4n) is 1.43. The lowest BCUT2D eigenvalue weighted by molar-refractivity contribution is -0.122. The minimum Gasteiger partial charge on any atom is -0.359 e. The number of thioether (sulfide) groups is 1. The summed E-state index contributed by atoms with van der Waals surface area (Å²) in [6, 6.07) is 0. The van der Waals surface area contributed by atoms with Crippen molar-refractivity contribution in [3.05, 3.63) is 0 Å². The first-order valence-electron chi connectivity index (χ1n) is 5.42. The zero-order chi connectivity index (χ0) is 13.1. The zero-order valence-electron chi connectivity index (χ0n) is 9.72. The second-order valence-corrected chi connectivity index (χ2v) is 5.72. The van der Waals surface area contributed by atoms with Gasteiger partial charge in [-0.2, -0.15) is 8.78 Å². The van der Waals surface area contributed by atoms with Crippen LogP contribution in [0.15, 0.2) is 4.99 Å². The van der Waals surface area contributed by atoms with Crippen molar-refractivity contribution in [1.29, 1.82) is 0 Å². The number of aliphatic imine (C=N–C) groups is 1. The van der Waals surface area contributed by atoms with E-state index in [9.17, 15) is 17.6 Å². The summed E-state index contributed by atoms with van der Waals surface area (Å²) in [6.07, 6.45) is -2.71. The molecule has 0 saturated carbocycles. The van der Waals surface area contributed by atoms with E-state index >= 15 is 0 Å². The smallest absolute Gasteiger partial charge is 0.324 e. The molecule has 1 atom stereocenters. The number of hydrogen-bond acceptors (Lipinski definition) is 3. The Morgan fingerprint density at radius 3 is 2.65 bits per heavy atom. The Kier molecular flexibility index (Phi) is 5.09. The molecule has 0 bridgehead atoms. The number of amidine groups is 1. The first kappa shape index (κ1) is 14.6. The lowest BCUT2D eigenvalue weighted by Gasteiger charge is -2.16. The van der Waals surface area contributed by atoms with Gasteiger partial charge in [0.25, 0.3) is 0 Å². The Labute approximate surface area is 102 Å². The molecule has 0 saturated heterocycles. The number of alkyl halides is 4. The molecule has 0 aromatic heterocycles. The van der Waals surface area contributed by atoms with Crippen molar-refractivity contribution in [3.8, 4) is 0 Å². The van der Waals surface area contributed by atoms with Crippen LogP contribution in [0.2, 0.25) is 0 Å². The van der Waals surface area contributed by atoms with Gasteiger partial charge in [0.05, 0.1) is 13.1 Å². The number of hydrogen-bond donors (Lipinski definition) is 1. The van der Waals surface area contributed by atoms with E-state index in [1.807, 2.05) is 0 Å². The van der Waals surface area contributed by atoms with Gasteiger partial charge in [-0.3, -0.25) is 4.99 Å². The number of nitrogens with zero attached hydrogens (tertiary/aromatic N) is 1. The monoisotopic (exact) mass is 272 g/mol. The summed E-state index contributed by atoms with van der Waals surface area (Å²) in [7, 11) is 0. The van der Waals surface area contributed by atoms with E-state index in [0.717, 1.165) is 6.42 Å². The maximum Gasteiger partial charge on any atom is 0.324 e. The van der Waals surface area contributed by atoms with E-state index in [1.165, 1.54) is 11.8 Å². The molecule has 1 rings (SSSR count). The lowest BCUT2D eigenvalue weighted by Crippen LogP contribution is -2.40. The van der Waals surface area contributed by atoms with Crippen LogP contribution in [0.25, 0.3) is 0 Å². The summed E-state index contributed by atoms with van der Waals surface area (Å²) in [5, 5.41) is 2.89. The van der Waals surface area contributed by atoms with E-state index in [-0.39, 0.29) is 5.25 Å². The van der Waals surface area contributed by atoms with E-state index in [0.29, 0.717) is 17.6 Å². The van der Waals surface area contributed by atoms with Gasteiger partial charge in [0.1, 0.15) is 0 Å². The summed E-state index contributed by atoms with van der Waals surface area (Å²) < 4.78 is 49.1. The Hall–Kier alpha value is -0.460. The molecule has 0 radical (unpaired) electrons.